The maximum absolute atomic E-state index is 13.1. The van der Waals surface area contributed by atoms with Crippen molar-refractivity contribution in [2.45, 2.75) is 31.3 Å². The van der Waals surface area contributed by atoms with Crippen LogP contribution in [0.3, 0.4) is 0 Å². The monoisotopic (exact) mass is 409 g/mol. The molecule has 3 amide bonds. The molecular weight excluding hydrogens is 382 g/mol. The summed E-state index contributed by atoms with van der Waals surface area (Å²) < 4.78 is 11.2. The molecule has 7 heteroatoms. The smallest absolute Gasteiger partial charge is 0.318 e. The Kier molecular flexibility index (Phi) is 5.79. The number of nitrogens with one attached hydrogen (secondary N) is 1. The van der Waals surface area contributed by atoms with Crippen LogP contribution in [0.15, 0.2) is 48.5 Å². The van der Waals surface area contributed by atoms with Gasteiger partial charge < -0.3 is 24.6 Å². The molecule has 1 fully saturated rings. The van der Waals surface area contributed by atoms with Gasteiger partial charge in [-0.25, -0.2) is 4.79 Å². The first kappa shape index (κ1) is 20.1. The molecule has 1 N–H and O–H groups in total. The highest BCUT2D eigenvalue weighted by Gasteiger charge is 2.35. The molecule has 0 aliphatic carbocycles. The zero-order valence-electron chi connectivity index (χ0n) is 17.3. The summed E-state index contributed by atoms with van der Waals surface area (Å²) in [6, 6.07) is 14.4. The van der Waals surface area contributed by atoms with Crippen molar-refractivity contribution in [3.05, 3.63) is 54.1 Å². The SMILES string of the molecule is COc1cccc2c1OC[C@H](NC(=O)N(C)[C@@H]1CCCN(c3ccccc3)C1=O)C2. The zero-order chi connectivity index (χ0) is 21.1. The quantitative estimate of drug-likeness (QED) is 0.843. The Morgan fingerprint density at radius 1 is 1.20 bits per heavy atom. The topological polar surface area (TPSA) is 71.1 Å². The summed E-state index contributed by atoms with van der Waals surface area (Å²) in [7, 11) is 3.30. The number of hydrogen-bond donors (Lipinski definition) is 1. The number of para-hydroxylation sites is 2. The molecule has 2 heterocycles. The second kappa shape index (κ2) is 8.65. The van der Waals surface area contributed by atoms with Gasteiger partial charge in [0.25, 0.3) is 0 Å². The van der Waals surface area contributed by atoms with Crippen LogP contribution in [0.4, 0.5) is 10.5 Å². The number of urea groups is 1. The summed E-state index contributed by atoms with van der Waals surface area (Å²) in [6.07, 6.45) is 2.16. The summed E-state index contributed by atoms with van der Waals surface area (Å²) in [4.78, 5) is 29.3. The number of anilines is 1. The highest BCUT2D eigenvalue weighted by atomic mass is 16.5. The fourth-order valence-corrected chi connectivity index (χ4v) is 4.15. The van der Waals surface area contributed by atoms with Crippen LogP contribution in [-0.2, 0) is 11.2 Å². The standard InChI is InChI=1S/C23H27N3O4/c1-25(19-11-7-13-26(22(19)27)18-9-4-3-5-10-18)23(28)24-17-14-16-8-6-12-20(29-2)21(16)30-15-17/h3-6,8-10,12,17,19H,7,11,13-15H2,1-2H3,(H,24,28)/t17-,19-/m1/s1. The van der Waals surface area contributed by atoms with E-state index in [0.29, 0.717) is 31.7 Å². The third kappa shape index (κ3) is 3.92. The van der Waals surface area contributed by atoms with E-state index in [2.05, 4.69) is 5.32 Å². The van der Waals surface area contributed by atoms with Crippen molar-refractivity contribution in [1.82, 2.24) is 10.2 Å². The van der Waals surface area contributed by atoms with E-state index in [0.717, 1.165) is 23.4 Å². The van der Waals surface area contributed by atoms with Crippen LogP contribution in [0.25, 0.3) is 0 Å². The van der Waals surface area contributed by atoms with E-state index in [1.54, 1.807) is 19.1 Å². The first-order valence-corrected chi connectivity index (χ1v) is 10.3. The predicted molar refractivity (Wildman–Crippen MR) is 114 cm³/mol. The number of amides is 3. The predicted octanol–water partition coefficient (Wildman–Crippen LogP) is 2.84. The minimum absolute atomic E-state index is 0.0416. The maximum atomic E-state index is 13.1. The molecule has 7 nitrogen and oxygen atoms in total. The van der Waals surface area contributed by atoms with Gasteiger partial charge in [-0.15, -0.1) is 0 Å². The Morgan fingerprint density at radius 3 is 2.77 bits per heavy atom. The lowest BCUT2D eigenvalue weighted by molar-refractivity contribution is -0.123. The Hall–Kier alpha value is -3.22. The largest absolute Gasteiger partial charge is 0.493 e. The van der Waals surface area contributed by atoms with E-state index in [1.165, 1.54) is 4.90 Å². The summed E-state index contributed by atoms with van der Waals surface area (Å²) >= 11 is 0. The van der Waals surface area contributed by atoms with E-state index >= 15 is 0 Å². The molecule has 0 spiro atoms. The molecule has 2 aliphatic heterocycles. The zero-order valence-corrected chi connectivity index (χ0v) is 17.3. The second-order valence-corrected chi connectivity index (χ2v) is 7.70. The van der Waals surface area contributed by atoms with Crippen LogP contribution in [0.5, 0.6) is 11.5 Å². The first-order valence-electron chi connectivity index (χ1n) is 10.3. The summed E-state index contributed by atoms with van der Waals surface area (Å²) in [5, 5.41) is 3.02. The molecule has 2 atom stereocenters. The Morgan fingerprint density at radius 2 is 2.00 bits per heavy atom. The fraction of sp³-hybridized carbons (Fsp3) is 0.391. The number of hydrogen-bond acceptors (Lipinski definition) is 4. The van der Waals surface area contributed by atoms with Crippen LogP contribution in [-0.4, -0.2) is 56.2 Å². The number of fused-ring (bicyclic) bond motifs is 1. The summed E-state index contributed by atoms with van der Waals surface area (Å²) in [6.45, 7) is 1.03. The lowest BCUT2D eigenvalue weighted by Crippen LogP contribution is -2.57. The Balaban J connectivity index is 1.40. The number of carbonyl (C=O) groups is 2. The van der Waals surface area contributed by atoms with Gasteiger partial charge in [0.05, 0.1) is 13.2 Å². The van der Waals surface area contributed by atoms with E-state index in [-0.39, 0.29) is 18.0 Å². The molecule has 0 radical (unpaired) electrons. The molecule has 1 saturated heterocycles. The van der Waals surface area contributed by atoms with Crippen LogP contribution in [0, 0.1) is 0 Å². The van der Waals surface area contributed by atoms with E-state index in [1.807, 2.05) is 48.5 Å². The van der Waals surface area contributed by atoms with Crippen LogP contribution in [0.1, 0.15) is 18.4 Å². The number of carbonyl (C=O) groups excluding carboxylic acids is 2. The van der Waals surface area contributed by atoms with Gasteiger partial charge in [0, 0.05) is 24.8 Å². The molecule has 30 heavy (non-hydrogen) atoms. The van der Waals surface area contributed by atoms with Crippen molar-refractivity contribution < 1.29 is 19.1 Å². The van der Waals surface area contributed by atoms with Crippen molar-refractivity contribution in [3.63, 3.8) is 0 Å². The van der Waals surface area contributed by atoms with Crippen molar-refractivity contribution in [2.75, 3.05) is 32.2 Å². The number of ether oxygens (including phenoxy) is 2. The molecule has 4 rings (SSSR count). The third-order valence-electron chi connectivity index (χ3n) is 5.77. The maximum Gasteiger partial charge on any atom is 0.318 e. The number of likely N-dealkylation sites (N-methyl/N-ethyl adjacent to an activating group) is 1. The normalized spacial score (nSPS) is 20.7. The second-order valence-electron chi connectivity index (χ2n) is 7.70. The van der Waals surface area contributed by atoms with Crippen LogP contribution < -0.4 is 19.7 Å². The Labute approximate surface area is 176 Å². The third-order valence-corrected chi connectivity index (χ3v) is 5.77. The number of nitrogens with zero attached hydrogens (tertiary/aromatic N) is 2. The minimum atomic E-state index is -0.476. The number of benzene rings is 2. The average Bonchev–Trinajstić information content (AvgIpc) is 2.78. The summed E-state index contributed by atoms with van der Waals surface area (Å²) in [5.74, 6) is 1.39. The van der Waals surface area contributed by atoms with Gasteiger partial charge in [0.2, 0.25) is 5.91 Å². The van der Waals surface area contributed by atoms with Crippen LogP contribution >= 0.6 is 0 Å². The fourth-order valence-electron chi connectivity index (χ4n) is 4.15. The van der Waals surface area contributed by atoms with Gasteiger partial charge in [-0.3, -0.25) is 4.79 Å². The molecule has 2 aliphatic rings. The van der Waals surface area contributed by atoms with Crippen molar-refractivity contribution >= 4 is 17.6 Å². The van der Waals surface area contributed by atoms with Crippen LogP contribution in [0.2, 0.25) is 0 Å². The summed E-state index contributed by atoms with van der Waals surface area (Å²) in [5.41, 5.74) is 1.87. The van der Waals surface area contributed by atoms with Gasteiger partial charge in [-0.05, 0) is 37.5 Å². The number of piperidine rings is 1. The van der Waals surface area contributed by atoms with Crippen molar-refractivity contribution in [3.8, 4) is 11.5 Å². The van der Waals surface area contributed by atoms with E-state index < -0.39 is 6.04 Å². The molecule has 0 bridgehead atoms. The molecule has 0 aromatic heterocycles. The molecule has 0 unspecified atom stereocenters. The van der Waals surface area contributed by atoms with Gasteiger partial charge in [-0.1, -0.05) is 30.3 Å². The number of rotatable bonds is 4. The Bertz CT molecular complexity index is 918. The highest BCUT2D eigenvalue weighted by molar-refractivity contribution is 5.99. The minimum Gasteiger partial charge on any atom is -0.493 e. The van der Waals surface area contributed by atoms with Crippen molar-refractivity contribution in [1.29, 1.82) is 0 Å². The van der Waals surface area contributed by atoms with Crippen molar-refractivity contribution in [2.24, 2.45) is 0 Å². The highest BCUT2D eigenvalue weighted by Crippen LogP contribution is 2.34. The van der Waals surface area contributed by atoms with Gasteiger partial charge >= 0.3 is 6.03 Å². The van der Waals surface area contributed by atoms with Gasteiger partial charge in [0.15, 0.2) is 11.5 Å². The lowest BCUT2D eigenvalue weighted by Gasteiger charge is -2.37. The first-order chi connectivity index (χ1) is 14.6. The molecule has 0 saturated carbocycles. The van der Waals surface area contributed by atoms with Gasteiger partial charge in [0.1, 0.15) is 12.6 Å². The average molecular weight is 409 g/mol. The molecule has 2 aromatic carbocycles. The molecular formula is C23H27N3O4. The lowest BCUT2D eigenvalue weighted by atomic mass is 10.0. The van der Waals surface area contributed by atoms with E-state index in [4.69, 9.17) is 9.47 Å². The molecule has 2 aromatic rings. The molecule has 158 valence electrons. The number of methoxy groups -OCH3 is 1. The van der Waals surface area contributed by atoms with E-state index in [9.17, 15) is 9.59 Å². The van der Waals surface area contributed by atoms with Gasteiger partial charge in [-0.2, -0.15) is 0 Å².